The Morgan fingerprint density at radius 1 is 0.947 bits per heavy atom. The summed E-state index contributed by atoms with van der Waals surface area (Å²) in [4.78, 5) is 11.3. The van der Waals surface area contributed by atoms with Gasteiger partial charge in [0.1, 0.15) is 0 Å². The zero-order chi connectivity index (χ0) is 14.3. The van der Waals surface area contributed by atoms with Crippen molar-refractivity contribution < 1.29 is 4.79 Å². The van der Waals surface area contributed by atoms with E-state index in [1.807, 2.05) is 0 Å². The normalized spacial score (nSPS) is 10.6. The van der Waals surface area contributed by atoms with Crippen LogP contribution in [0.15, 0.2) is 12.2 Å². The summed E-state index contributed by atoms with van der Waals surface area (Å²) in [5.74, 6) is 0.226. The predicted octanol–water partition coefficient (Wildman–Crippen LogP) is 3.19. The Morgan fingerprint density at radius 2 is 1.47 bits per heavy atom. The lowest BCUT2D eigenvalue weighted by molar-refractivity contribution is -0.115. The van der Waals surface area contributed by atoms with E-state index in [1.54, 1.807) is 6.92 Å². The second-order valence-corrected chi connectivity index (χ2v) is 5.32. The molecule has 3 heteroatoms. The van der Waals surface area contributed by atoms with Crippen molar-refractivity contribution in [3.05, 3.63) is 12.2 Å². The van der Waals surface area contributed by atoms with Crippen molar-refractivity contribution in [3.63, 3.8) is 0 Å². The van der Waals surface area contributed by atoms with Crippen molar-refractivity contribution in [1.82, 2.24) is 5.32 Å². The molecule has 0 amide bonds. The third-order valence-corrected chi connectivity index (χ3v) is 3.29. The highest BCUT2D eigenvalue weighted by Gasteiger charge is 2.01. The molecular formula is C16H32N2O. The highest BCUT2D eigenvalue weighted by Crippen LogP contribution is 2.09. The molecule has 0 radical (unpaired) electrons. The van der Waals surface area contributed by atoms with Gasteiger partial charge in [0.05, 0.1) is 0 Å². The predicted molar refractivity (Wildman–Crippen MR) is 83.3 cm³/mol. The molecule has 3 nitrogen and oxygen atoms in total. The number of carbonyl (C=O) groups is 1. The average molecular weight is 268 g/mol. The Hall–Kier alpha value is -0.670. The first kappa shape index (κ1) is 18.3. The van der Waals surface area contributed by atoms with E-state index in [0.29, 0.717) is 12.0 Å². The molecule has 0 aliphatic carbocycles. The standard InChI is InChI=1S/C16H32N2O/c1-15(2)16(19)11-8-6-4-3-5-7-9-13-18-14-10-12-17/h18H,1,3-14,17H2,2H3. The highest BCUT2D eigenvalue weighted by molar-refractivity contribution is 5.93. The van der Waals surface area contributed by atoms with E-state index in [9.17, 15) is 4.79 Å². The zero-order valence-corrected chi connectivity index (χ0v) is 12.7. The van der Waals surface area contributed by atoms with Gasteiger partial charge >= 0.3 is 0 Å². The molecule has 0 aromatic rings. The van der Waals surface area contributed by atoms with Crippen LogP contribution in [0.25, 0.3) is 0 Å². The van der Waals surface area contributed by atoms with Gasteiger partial charge in [-0.3, -0.25) is 4.79 Å². The lowest BCUT2D eigenvalue weighted by atomic mass is 10.0. The first-order valence-electron chi connectivity index (χ1n) is 7.78. The summed E-state index contributed by atoms with van der Waals surface area (Å²) in [5.41, 5.74) is 6.11. The van der Waals surface area contributed by atoms with E-state index in [1.165, 1.54) is 38.5 Å². The van der Waals surface area contributed by atoms with E-state index in [4.69, 9.17) is 5.73 Å². The van der Waals surface area contributed by atoms with Crippen LogP contribution in [0.1, 0.15) is 64.7 Å². The van der Waals surface area contributed by atoms with Gasteiger partial charge in [0.25, 0.3) is 0 Å². The molecule has 0 aliphatic rings. The van der Waals surface area contributed by atoms with Crippen LogP contribution in [0.5, 0.6) is 0 Å². The highest BCUT2D eigenvalue weighted by atomic mass is 16.1. The zero-order valence-electron chi connectivity index (χ0n) is 12.7. The number of Topliss-reactive ketones (excluding diaryl/α,β-unsaturated/α-hetero) is 1. The minimum absolute atomic E-state index is 0.226. The van der Waals surface area contributed by atoms with Crippen molar-refractivity contribution >= 4 is 5.78 Å². The number of hydrogen-bond donors (Lipinski definition) is 2. The van der Waals surface area contributed by atoms with E-state index >= 15 is 0 Å². The lowest BCUT2D eigenvalue weighted by Crippen LogP contribution is -2.19. The molecular weight excluding hydrogens is 236 g/mol. The Labute approximate surface area is 119 Å². The van der Waals surface area contributed by atoms with E-state index in [-0.39, 0.29) is 5.78 Å². The Kier molecular flexibility index (Phi) is 13.3. The summed E-state index contributed by atoms with van der Waals surface area (Å²) in [6, 6.07) is 0. The molecule has 0 rings (SSSR count). The number of carbonyl (C=O) groups excluding carboxylic acids is 1. The summed E-state index contributed by atoms with van der Waals surface area (Å²) in [5, 5.41) is 3.39. The van der Waals surface area contributed by atoms with Crippen LogP contribution < -0.4 is 11.1 Å². The van der Waals surface area contributed by atoms with Gasteiger partial charge in [0.15, 0.2) is 5.78 Å². The molecule has 112 valence electrons. The minimum Gasteiger partial charge on any atom is -0.330 e. The third kappa shape index (κ3) is 13.6. The Balaban J connectivity index is 3.07. The summed E-state index contributed by atoms with van der Waals surface area (Å²) in [6.45, 7) is 8.41. The second kappa shape index (κ2) is 13.8. The van der Waals surface area contributed by atoms with Gasteiger partial charge in [-0.25, -0.2) is 0 Å². The summed E-state index contributed by atoms with van der Waals surface area (Å²) in [7, 11) is 0. The van der Waals surface area contributed by atoms with Crippen LogP contribution in [-0.4, -0.2) is 25.4 Å². The molecule has 0 fully saturated rings. The van der Waals surface area contributed by atoms with Crippen LogP contribution in [0.3, 0.4) is 0 Å². The molecule has 0 aromatic carbocycles. The Bertz CT molecular complexity index is 239. The fraction of sp³-hybridized carbons (Fsp3) is 0.812. The number of hydrogen-bond acceptors (Lipinski definition) is 3. The number of ketones is 1. The van der Waals surface area contributed by atoms with Gasteiger partial charge in [-0.1, -0.05) is 38.7 Å². The first-order valence-corrected chi connectivity index (χ1v) is 7.78. The summed E-state index contributed by atoms with van der Waals surface area (Å²) < 4.78 is 0. The van der Waals surface area contributed by atoms with Gasteiger partial charge < -0.3 is 11.1 Å². The quantitative estimate of drug-likeness (QED) is 0.376. The smallest absolute Gasteiger partial charge is 0.157 e. The molecule has 0 bridgehead atoms. The number of nitrogens with one attached hydrogen (secondary N) is 1. The molecule has 0 aromatic heterocycles. The molecule has 0 atom stereocenters. The molecule has 0 heterocycles. The van der Waals surface area contributed by atoms with Gasteiger partial charge in [-0.05, 0) is 51.4 Å². The summed E-state index contributed by atoms with van der Waals surface area (Å²) in [6.07, 6.45) is 10.4. The largest absolute Gasteiger partial charge is 0.330 e. The lowest BCUT2D eigenvalue weighted by Gasteiger charge is -2.04. The summed E-state index contributed by atoms with van der Waals surface area (Å²) >= 11 is 0. The number of nitrogens with two attached hydrogens (primary N) is 1. The van der Waals surface area contributed by atoms with Crippen molar-refractivity contribution in [2.24, 2.45) is 5.73 Å². The second-order valence-electron chi connectivity index (χ2n) is 5.32. The first-order chi connectivity index (χ1) is 9.18. The molecule has 0 unspecified atom stereocenters. The average Bonchev–Trinajstić information content (AvgIpc) is 2.39. The van der Waals surface area contributed by atoms with Crippen LogP contribution in [0.2, 0.25) is 0 Å². The fourth-order valence-corrected chi connectivity index (χ4v) is 1.98. The van der Waals surface area contributed by atoms with Crippen LogP contribution >= 0.6 is 0 Å². The maximum atomic E-state index is 11.3. The monoisotopic (exact) mass is 268 g/mol. The number of rotatable bonds is 14. The SMILES string of the molecule is C=C(C)C(=O)CCCCCCCCCNCCCN. The maximum absolute atomic E-state index is 11.3. The molecule has 0 saturated carbocycles. The maximum Gasteiger partial charge on any atom is 0.157 e. The van der Waals surface area contributed by atoms with E-state index < -0.39 is 0 Å². The molecule has 0 saturated heterocycles. The Morgan fingerprint density at radius 3 is 2.05 bits per heavy atom. The third-order valence-electron chi connectivity index (χ3n) is 3.29. The number of allylic oxidation sites excluding steroid dienone is 1. The minimum atomic E-state index is 0.226. The van der Waals surface area contributed by atoms with Gasteiger partial charge in [0.2, 0.25) is 0 Å². The van der Waals surface area contributed by atoms with Gasteiger partial charge in [-0.15, -0.1) is 0 Å². The van der Waals surface area contributed by atoms with Gasteiger partial charge in [-0.2, -0.15) is 0 Å². The van der Waals surface area contributed by atoms with Crippen LogP contribution in [-0.2, 0) is 4.79 Å². The van der Waals surface area contributed by atoms with Crippen LogP contribution in [0.4, 0.5) is 0 Å². The van der Waals surface area contributed by atoms with E-state index in [2.05, 4.69) is 11.9 Å². The molecule has 0 spiro atoms. The van der Waals surface area contributed by atoms with E-state index in [0.717, 1.165) is 32.5 Å². The van der Waals surface area contributed by atoms with Gasteiger partial charge in [0, 0.05) is 6.42 Å². The molecule has 19 heavy (non-hydrogen) atoms. The molecule has 3 N–H and O–H groups in total. The fourth-order valence-electron chi connectivity index (χ4n) is 1.98. The van der Waals surface area contributed by atoms with Crippen molar-refractivity contribution in [3.8, 4) is 0 Å². The van der Waals surface area contributed by atoms with Crippen molar-refractivity contribution in [1.29, 1.82) is 0 Å². The number of unbranched alkanes of at least 4 members (excludes halogenated alkanes) is 6. The van der Waals surface area contributed by atoms with Crippen molar-refractivity contribution in [2.75, 3.05) is 19.6 Å². The van der Waals surface area contributed by atoms with Crippen LogP contribution in [0, 0.1) is 0 Å². The van der Waals surface area contributed by atoms with Crippen molar-refractivity contribution in [2.45, 2.75) is 64.7 Å². The topological polar surface area (TPSA) is 55.1 Å². The molecule has 0 aliphatic heterocycles.